The molecule has 1 aliphatic rings. The molecule has 2 rings (SSSR count). The fraction of sp³-hybridized carbons (Fsp3) is 0.556. The Morgan fingerprint density at radius 1 is 1.23 bits per heavy atom. The van der Waals surface area contributed by atoms with Crippen molar-refractivity contribution in [3.8, 4) is 0 Å². The molecule has 1 aliphatic heterocycles. The Hall–Kier alpha value is -0.960. The SMILES string of the molecule is O=c1n([C@@H]2O[C@H](CO)[C@@H](O)[C@H]2O)ccc(=S)n1OP(=O)(O)OP(=O)(O)O. The summed E-state index contributed by atoms with van der Waals surface area (Å²) in [5.74, 6) is 0. The first kappa shape index (κ1) is 21.3. The van der Waals surface area contributed by atoms with Crippen molar-refractivity contribution >= 4 is 27.9 Å². The van der Waals surface area contributed by atoms with Gasteiger partial charge in [-0.15, -0.1) is 4.73 Å². The molecule has 0 amide bonds. The van der Waals surface area contributed by atoms with Gasteiger partial charge >= 0.3 is 21.3 Å². The fourth-order valence-corrected chi connectivity index (χ4v) is 3.90. The number of aromatic nitrogens is 2. The van der Waals surface area contributed by atoms with E-state index in [0.29, 0.717) is 4.57 Å². The number of ether oxygens (including phenoxy) is 1. The number of hydrogen-bond acceptors (Lipinski definition) is 10. The second-order valence-corrected chi connectivity index (χ2v) is 8.14. The second kappa shape index (κ2) is 7.58. The first-order valence-electron chi connectivity index (χ1n) is 6.63. The Morgan fingerprint density at radius 2 is 1.85 bits per heavy atom. The number of aliphatic hydroxyl groups is 3. The van der Waals surface area contributed by atoms with Crippen LogP contribution in [0, 0.1) is 4.64 Å². The molecule has 1 unspecified atom stereocenters. The Labute approximate surface area is 149 Å². The van der Waals surface area contributed by atoms with Gasteiger partial charge in [0.05, 0.1) is 6.61 Å². The Morgan fingerprint density at radius 3 is 2.35 bits per heavy atom. The summed E-state index contributed by atoms with van der Waals surface area (Å²) in [6.07, 6.45) is -4.89. The van der Waals surface area contributed by atoms with E-state index in [9.17, 15) is 29.0 Å². The maximum absolute atomic E-state index is 12.4. The third-order valence-corrected chi connectivity index (χ3v) is 5.51. The van der Waals surface area contributed by atoms with Crippen LogP contribution in [-0.4, -0.2) is 64.2 Å². The molecule has 0 bridgehead atoms. The van der Waals surface area contributed by atoms with Gasteiger partial charge in [0.1, 0.15) is 18.3 Å². The Kier molecular flexibility index (Phi) is 6.22. The topological polar surface area (TPSA) is 210 Å². The zero-order chi connectivity index (χ0) is 19.9. The molecule has 2 heterocycles. The van der Waals surface area contributed by atoms with E-state index < -0.39 is 57.1 Å². The average molecular weight is 436 g/mol. The van der Waals surface area contributed by atoms with Crippen LogP contribution in [0.3, 0.4) is 0 Å². The van der Waals surface area contributed by atoms with Crippen LogP contribution < -0.4 is 10.3 Å². The fourth-order valence-electron chi connectivity index (χ4n) is 2.11. The molecule has 5 atom stereocenters. The van der Waals surface area contributed by atoms with Crippen molar-refractivity contribution < 1.29 is 52.8 Å². The van der Waals surface area contributed by atoms with Gasteiger partial charge in [-0.25, -0.2) is 13.9 Å². The maximum atomic E-state index is 12.4. The van der Waals surface area contributed by atoms with E-state index >= 15 is 0 Å². The molecule has 0 spiro atoms. The molecule has 14 nitrogen and oxygen atoms in total. The van der Waals surface area contributed by atoms with Crippen molar-refractivity contribution in [1.82, 2.24) is 9.30 Å². The van der Waals surface area contributed by atoms with Crippen LogP contribution in [0.5, 0.6) is 0 Å². The van der Waals surface area contributed by atoms with Crippen molar-refractivity contribution in [2.24, 2.45) is 0 Å². The predicted octanol–water partition coefficient (Wildman–Crippen LogP) is -2.37. The van der Waals surface area contributed by atoms with Crippen LogP contribution in [0.2, 0.25) is 0 Å². The molecular weight excluding hydrogens is 422 g/mol. The van der Waals surface area contributed by atoms with Crippen LogP contribution >= 0.6 is 27.9 Å². The lowest BCUT2D eigenvalue weighted by Gasteiger charge is -2.20. The number of aliphatic hydroxyl groups excluding tert-OH is 3. The highest BCUT2D eigenvalue weighted by Gasteiger charge is 2.44. The number of nitrogens with zero attached hydrogens (tertiary/aromatic N) is 2. The van der Waals surface area contributed by atoms with Crippen molar-refractivity contribution in [3.05, 3.63) is 27.4 Å². The summed E-state index contributed by atoms with van der Waals surface area (Å²) in [6.45, 7) is -0.666. The van der Waals surface area contributed by atoms with Gasteiger partial charge in [0.2, 0.25) is 0 Å². The molecule has 0 saturated carbocycles. The summed E-state index contributed by atoms with van der Waals surface area (Å²) in [7, 11) is -10.9. The van der Waals surface area contributed by atoms with E-state index in [4.69, 9.17) is 31.8 Å². The van der Waals surface area contributed by atoms with E-state index in [-0.39, 0.29) is 4.73 Å². The predicted molar refractivity (Wildman–Crippen MR) is 82.1 cm³/mol. The lowest BCUT2D eigenvalue weighted by molar-refractivity contribution is -0.0569. The average Bonchev–Trinajstić information content (AvgIpc) is 2.77. The minimum Gasteiger partial charge on any atom is -0.394 e. The number of rotatable bonds is 6. The van der Waals surface area contributed by atoms with Crippen LogP contribution in [-0.2, 0) is 18.2 Å². The molecule has 17 heteroatoms. The molecular formula is C9H14N2O12P2S. The summed E-state index contributed by atoms with van der Waals surface area (Å²) in [6, 6.07) is 1.00. The molecule has 148 valence electrons. The minimum absolute atomic E-state index is 0.0144. The van der Waals surface area contributed by atoms with Crippen molar-refractivity contribution in [2.75, 3.05) is 6.61 Å². The highest BCUT2D eigenvalue weighted by Crippen LogP contribution is 2.55. The van der Waals surface area contributed by atoms with Crippen molar-refractivity contribution in [3.63, 3.8) is 0 Å². The van der Waals surface area contributed by atoms with Gasteiger partial charge in [0.25, 0.3) is 0 Å². The maximum Gasteiger partial charge on any atom is 0.555 e. The Balaban J connectivity index is 2.41. The van der Waals surface area contributed by atoms with E-state index in [2.05, 4.69) is 8.94 Å². The van der Waals surface area contributed by atoms with Gasteiger partial charge in [0, 0.05) is 6.20 Å². The molecule has 0 aliphatic carbocycles. The summed E-state index contributed by atoms with van der Waals surface area (Å²) >= 11 is 4.73. The van der Waals surface area contributed by atoms with Crippen LogP contribution in [0.15, 0.2) is 17.1 Å². The molecule has 1 aromatic rings. The van der Waals surface area contributed by atoms with Gasteiger partial charge < -0.3 is 34.5 Å². The number of hydrogen-bond donors (Lipinski definition) is 6. The summed E-state index contributed by atoms with van der Waals surface area (Å²) < 4.78 is 35.4. The first-order valence-corrected chi connectivity index (χ1v) is 10.1. The van der Waals surface area contributed by atoms with Crippen molar-refractivity contribution in [2.45, 2.75) is 24.5 Å². The van der Waals surface area contributed by atoms with Gasteiger partial charge in [-0.3, -0.25) is 9.46 Å². The van der Waals surface area contributed by atoms with Gasteiger partial charge in [-0.2, -0.15) is 4.31 Å². The molecule has 0 radical (unpaired) electrons. The van der Waals surface area contributed by atoms with Gasteiger partial charge in [-0.05, 0) is 6.07 Å². The zero-order valence-electron chi connectivity index (χ0n) is 12.5. The summed E-state index contributed by atoms with van der Waals surface area (Å²) in [5, 5.41) is 28.7. The minimum atomic E-state index is -5.46. The lowest BCUT2D eigenvalue weighted by Crippen LogP contribution is -2.40. The molecule has 26 heavy (non-hydrogen) atoms. The quantitative estimate of drug-likeness (QED) is 0.204. The molecule has 0 aromatic carbocycles. The molecule has 1 saturated heterocycles. The second-order valence-electron chi connectivity index (χ2n) is 4.99. The normalized spacial score (nSPS) is 28.7. The van der Waals surface area contributed by atoms with Crippen molar-refractivity contribution in [1.29, 1.82) is 0 Å². The lowest BCUT2D eigenvalue weighted by atomic mass is 10.1. The molecule has 1 fully saturated rings. The standard InChI is InChI=1S/C9H14N2O12P2S/c12-3-4-6(13)7(14)8(21-4)10-2-1-5(26)11(9(10)15)22-25(19,20)23-24(16,17)18/h1-2,4,6-8,12-14H,3H2,(H,19,20)(H2,16,17,18)/t4-,6-,7-,8-/m1/s1. The van der Waals surface area contributed by atoms with Crippen LogP contribution in [0.25, 0.3) is 0 Å². The van der Waals surface area contributed by atoms with E-state index in [1.807, 2.05) is 0 Å². The van der Waals surface area contributed by atoms with Crippen LogP contribution in [0.4, 0.5) is 0 Å². The largest absolute Gasteiger partial charge is 0.555 e. The van der Waals surface area contributed by atoms with Gasteiger partial charge in [-0.1, -0.05) is 12.2 Å². The van der Waals surface area contributed by atoms with E-state index in [0.717, 1.165) is 12.3 Å². The first-order chi connectivity index (χ1) is 11.9. The molecule has 1 aromatic heterocycles. The van der Waals surface area contributed by atoms with Gasteiger partial charge in [0.15, 0.2) is 10.9 Å². The monoisotopic (exact) mass is 436 g/mol. The summed E-state index contributed by atoms with van der Waals surface area (Å²) in [5.41, 5.74) is -1.30. The van der Waals surface area contributed by atoms with E-state index in [1.54, 1.807) is 0 Å². The number of phosphoric acid groups is 2. The third kappa shape index (κ3) is 4.65. The van der Waals surface area contributed by atoms with E-state index in [1.165, 1.54) is 0 Å². The van der Waals surface area contributed by atoms with Crippen LogP contribution in [0.1, 0.15) is 6.23 Å². The summed E-state index contributed by atoms with van der Waals surface area (Å²) in [4.78, 5) is 38.9. The highest BCUT2D eigenvalue weighted by atomic mass is 32.1. The smallest absolute Gasteiger partial charge is 0.394 e. The highest BCUT2D eigenvalue weighted by molar-refractivity contribution is 7.71. The third-order valence-electron chi connectivity index (χ3n) is 3.16. The molecule has 6 N–H and O–H groups in total. The Bertz CT molecular complexity index is 878. The zero-order valence-corrected chi connectivity index (χ0v) is 15.1.